The van der Waals surface area contributed by atoms with E-state index < -0.39 is 6.10 Å². The first-order chi connectivity index (χ1) is 10.6. The fourth-order valence-corrected chi connectivity index (χ4v) is 2.80. The van der Waals surface area contributed by atoms with Crippen molar-refractivity contribution < 1.29 is 5.11 Å². The third-order valence-corrected chi connectivity index (χ3v) is 4.24. The molecule has 2 N–H and O–H groups in total. The second-order valence-electron chi connectivity index (χ2n) is 4.99. The van der Waals surface area contributed by atoms with Crippen LogP contribution in [0.15, 0.2) is 42.7 Å². The smallest absolute Gasteiger partial charge is 0.132 e. The zero-order valence-corrected chi connectivity index (χ0v) is 13.1. The molecule has 5 nitrogen and oxygen atoms in total. The van der Waals surface area contributed by atoms with Gasteiger partial charge in [-0.15, -0.1) is 11.3 Å². The summed E-state index contributed by atoms with van der Waals surface area (Å²) in [5.41, 5.74) is 1.96. The Balaban J connectivity index is 1.85. The molecule has 0 spiro atoms. The lowest BCUT2D eigenvalue weighted by atomic mass is 10.3. The molecular weight excluding hydrogens is 296 g/mol. The van der Waals surface area contributed by atoms with Crippen molar-refractivity contribution in [1.29, 1.82) is 0 Å². The zero-order valence-electron chi connectivity index (χ0n) is 12.3. The second kappa shape index (κ2) is 6.21. The Bertz CT molecular complexity index is 785. The minimum Gasteiger partial charge on any atom is -0.386 e. The standard InChI is InChI=1S/C16H16N4OS/c1-10-6-7-17-15(8-10)20-14-5-3-4-12(19-14)13-9-18-16(22-13)11(2)21/h3-9,11,21H,1-2H3,(H,17,19,20). The van der Waals surface area contributed by atoms with E-state index in [2.05, 4.69) is 20.3 Å². The summed E-state index contributed by atoms with van der Waals surface area (Å²) in [5, 5.41) is 13.5. The Kier molecular flexibility index (Phi) is 4.13. The number of rotatable bonds is 4. The number of hydrogen-bond acceptors (Lipinski definition) is 6. The van der Waals surface area contributed by atoms with Crippen LogP contribution in [0.4, 0.5) is 11.6 Å². The molecule has 0 saturated carbocycles. The van der Waals surface area contributed by atoms with E-state index in [0.29, 0.717) is 5.01 Å². The highest BCUT2D eigenvalue weighted by molar-refractivity contribution is 7.15. The molecule has 112 valence electrons. The predicted molar refractivity (Wildman–Crippen MR) is 88.2 cm³/mol. The van der Waals surface area contributed by atoms with Crippen LogP contribution >= 0.6 is 11.3 Å². The highest BCUT2D eigenvalue weighted by Crippen LogP contribution is 2.28. The van der Waals surface area contributed by atoms with Crippen molar-refractivity contribution in [3.05, 3.63) is 53.3 Å². The molecule has 22 heavy (non-hydrogen) atoms. The lowest BCUT2D eigenvalue weighted by Crippen LogP contribution is -1.96. The molecule has 0 aliphatic carbocycles. The summed E-state index contributed by atoms with van der Waals surface area (Å²) in [5.74, 6) is 1.49. The molecular formula is C16H16N4OS. The van der Waals surface area contributed by atoms with Gasteiger partial charge >= 0.3 is 0 Å². The minimum atomic E-state index is -0.559. The van der Waals surface area contributed by atoms with Gasteiger partial charge in [0.1, 0.15) is 22.7 Å². The average Bonchev–Trinajstić information content (AvgIpc) is 2.97. The van der Waals surface area contributed by atoms with Crippen molar-refractivity contribution >= 4 is 23.0 Å². The van der Waals surface area contributed by atoms with Gasteiger partial charge in [-0.05, 0) is 43.7 Å². The summed E-state index contributed by atoms with van der Waals surface area (Å²) < 4.78 is 0. The number of aliphatic hydroxyl groups excluding tert-OH is 1. The largest absolute Gasteiger partial charge is 0.386 e. The van der Waals surface area contributed by atoms with Crippen LogP contribution in [0, 0.1) is 6.92 Å². The van der Waals surface area contributed by atoms with Gasteiger partial charge in [-0.2, -0.15) is 0 Å². The number of pyridine rings is 2. The van der Waals surface area contributed by atoms with Gasteiger partial charge in [-0.25, -0.2) is 15.0 Å². The van der Waals surface area contributed by atoms with Gasteiger partial charge in [0.25, 0.3) is 0 Å². The van der Waals surface area contributed by atoms with Crippen LogP contribution in [0.3, 0.4) is 0 Å². The van der Waals surface area contributed by atoms with Crippen molar-refractivity contribution in [2.75, 3.05) is 5.32 Å². The van der Waals surface area contributed by atoms with Crippen LogP contribution in [-0.4, -0.2) is 20.1 Å². The van der Waals surface area contributed by atoms with Gasteiger partial charge in [0.05, 0.1) is 10.6 Å². The topological polar surface area (TPSA) is 70.9 Å². The maximum atomic E-state index is 9.57. The zero-order chi connectivity index (χ0) is 15.5. The summed E-state index contributed by atoms with van der Waals surface area (Å²) >= 11 is 1.44. The number of nitrogens with zero attached hydrogens (tertiary/aromatic N) is 3. The highest BCUT2D eigenvalue weighted by Gasteiger charge is 2.10. The average molecular weight is 312 g/mol. The highest BCUT2D eigenvalue weighted by atomic mass is 32.1. The number of aryl methyl sites for hydroxylation is 1. The van der Waals surface area contributed by atoms with Crippen LogP contribution in [0.1, 0.15) is 23.6 Å². The normalized spacial score (nSPS) is 12.1. The van der Waals surface area contributed by atoms with Gasteiger partial charge < -0.3 is 10.4 Å². The maximum Gasteiger partial charge on any atom is 0.132 e. The SMILES string of the molecule is Cc1ccnc(Nc2cccc(-c3cnc(C(C)O)s3)n2)c1. The fraction of sp³-hybridized carbons (Fsp3) is 0.188. The van der Waals surface area contributed by atoms with Gasteiger partial charge in [-0.1, -0.05) is 6.07 Å². The maximum absolute atomic E-state index is 9.57. The van der Waals surface area contributed by atoms with E-state index >= 15 is 0 Å². The molecule has 0 bridgehead atoms. The van der Waals surface area contributed by atoms with Crippen LogP contribution in [0.5, 0.6) is 0 Å². The molecule has 3 heterocycles. The van der Waals surface area contributed by atoms with E-state index in [-0.39, 0.29) is 0 Å². The van der Waals surface area contributed by atoms with Crippen LogP contribution in [0.2, 0.25) is 0 Å². The van der Waals surface area contributed by atoms with Crippen molar-refractivity contribution in [3.8, 4) is 10.6 Å². The molecule has 0 saturated heterocycles. The van der Waals surface area contributed by atoms with Crippen LogP contribution in [0.25, 0.3) is 10.6 Å². The molecule has 3 aromatic heterocycles. The third kappa shape index (κ3) is 3.29. The summed E-state index contributed by atoms with van der Waals surface area (Å²) in [6.45, 7) is 3.73. The molecule has 0 amide bonds. The summed E-state index contributed by atoms with van der Waals surface area (Å²) in [4.78, 5) is 14.0. The van der Waals surface area contributed by atoms with E-state index in [9.17, 15) is 5.11 Å². The summed E-state index contributed by atoms with van der Waals surface area (Å²) in [6, 6.07) is 9.66. The molecule has 6 heteroatoms. The monoisotopic (exact) mass is 312 g/mol. The Morgan fingerprint density at radius 2 is 2.05 bits per heavy atom. The molecule has 0 fully saturated rings. The molecule has 0 radical (unpaired) electrons. The molecule has 1 unspecified atom stereocenters. The van der Waals surface area contributed by atoms with E-state index in [4.69, 9.17) is 0 Å². The van der Waals surface area contributed by atoms with Gasteiger partial charge in [-0.3, -0.25) is 0 Å². The molecule has 3 rings (SSSR count). The van der Waals surface area contributed by atoms with E-state index in [1.54, 1.807) is 19.3 Å². The molecule has 0 aliphatic heterocycles. The molecule has 0 aliphatic rings. The summed E-state index contributed by atoms with van der Waals surface area (Å²) in [6.07, 6.45) is 2.94. The number of aliphatic hydroxyl groups is 1. The lowest BCUT2D eigenvalue weighted by molar-refractivity contribution is 0.199. The van der Waals surface area contributed by atoms with Crippen molar-refractivity contribution in [2.24, 2.45) is 0 Å². The number of hydrogen-bond donors (Lipinski definition) is 2. The van der Waals surface area contributed by atoms with Gasteiger partial charge in [0, 0.05) is 12.4 Å². The Morgan fingerprint density at radius 3 is 2.77 bits per heavy atom. The van der Waals surface area contributed by atoms with Crippen molar-refractivity contribution in [2.45, 2.75) is 20.0 Å². The Hall–Kier alpha value is -2.31. The van der Waals surface area contributed by atoms with Gasteiger partial charge in [0.15, 0.2) is 0 Å². The first-order valence-electron chi connectivity index (χ1n) is 6.93. The van der Waals surface area contributed by atoms with Crippen LogP contribution in [-0.2, 0) is 0 Å². The molecule has 1 atom stereocenters. The number of aromatic nitrogens is 3. The van der Waals surface area contributed by atoms with E-state index in [0.717, 1.165) is 27.8 Å². The second-order valence-corrected chi connectivity index (χ2v) is 6.05. The van der Waals surface area contributed by atoms with E-state index in [1.807, 2.05) is 37.3 Å². The lowest BCUT2D eigenvalue weighted by Gasteiger charge is -2.06. The first-order valence-corrected chi connectivity index (χ1v) is 7.74. The minimum absolute atomic E-state index is 0.559. The Morgan fingerprint density at radius 1 is 1.18 bits per heavy atom. The fourth-order valence-electron chi connectivity index (χ4n) is 1.98. The van der Waals surface area contributed by atoms with Crippen LogP contribution < -0.4 is 5.32 Å². The third-order valence-electron chi connectivity index (χ3n) is 3.05. The van der Waals surface area contributed by atoms with Crippen molar-refractivity contribution in [1.82, 2.24) is 15.0 Å². The van der Waals surface area contributed by atoms with E-state index in [1.165, 1.54) is 11.3 Å². The molecule has 3 aromatic rings. The quantitative estimate of drug-likeness (QED) is 0.768. The summed E-state index contributed by atoms with van der Waals surface area (Å²) in [7, 11) is 0. The predicted octanol–water partition coefficient (Wildman–Crippen LogP) is 3.71. The van der Waals surface area contributed by atoms with Gasteiger partial charge in [0.2, 0.25) is 0 Å². The number of thiazole rings is 1. The van der Waals surface area contributed by atoms with Crippen molar-refractivity contribution in [3.63, 3.8) is 0 Å². The number of anilines is 2. The molecule has 0 aromatic carbocycles. The first kappa shape index (κ1) is 14.6. The number of nitrogens with one attached hydrogen (secondary N) is 1. The Labute approximate surface area is 132 Å².